The number of hydrogen-bond donors (Lipinski definition) is 1. The maximum Gasteiger partial charge on any atom is 0.0557 e. The fourth-order valence-corrected chi connectivity index (χ4v) is 0.517. The number of aliphatic hydroxyl groups is 1. The van der Waals surface area contributed by atoms with Crippen LogP contribution in [0.4, 0.5) is 0 Å². The summed E-state index contributed by atoms with van der Waals surface area (Å²) in [5.41, 5.74) is 0.352. The van der Waals surface area contributed by atoms with E-state index < -0.39 is 5.95 Å². The van der Waals surface area contributed by atoms with E-state index in [1.165, 1.54) is 0 Å². The van der Waals surface area contributed by atoms with E-state index in [2.05, 4.69) is 20.0 Å². The molecular weight excluding hydrogens is 243 g/mol. The van der Waals surface area contributed by atoms with Crippen molar-refractivity contribution >= 4 is 0 Å². The van der Waals surface area contributed by atoms with Crippen molar-refractivity contribution in [1.82, 2.24) is 0 Å². The Bertz CT molecular complexity index is 250. The molecule has 0 amide bonds. The first-order chi connectivity index (χ1) is 6.80. The second-order valence-corrected chi connectivity index (χ2v) is 1.48. The van der Waals surface area contributed by atoms with Crippen molar-refractivity contribution in [2.75, 3.05) is 0 Å². The summed E-state index contributed by atoms with van der Waals surface area (Å²) in [5.74, 6) is -0.866. The molecule has 6 heteroatoms. The summed E-state index contributed by atoms with van der Waals surface area (Å²) < 4.78 is 22.5. The smallest absolute Gasteiger partial charge is 0.0557 e. The molecule has 1 aliphatic rings. The van der Waals surface area contributed by atoms with E-state index in [9.17, 15) is 5.11 Å². The summed E-state index contributed by atoms with van der Waals surface area (Å²) >= 11 is 0. The van der Waals surface area contributed by atoms with Crippen LogP contribution in [0.5, 0.6) is 0 Å². The number of aliphatic hydroxyl groups excluding tert-OH is 1. The van der Waals surface area contributed by atoms with Gasteiger partial charge in [0, 0.05) is 17.1 Å². The second-order valence-electron chi connectivity index (χ2n) is 1.48. The van der Waals surface area contributed by atoms with Crippen molar-refractivity contribution in [1.29, 1.82) is 0 Å². The molecule has 0 fully saturated rings. The predicted molar refractivity (Wildman–Crippen MR) is 39.7 cm³/mol. The average molecular weight is 248 g/mol. The van der Waals surface area contributed by atoms with Crippen LogP contribution in [0.1, 0.15) is 0 Å². The summed E-state index contributed by atoms with van der Waals surface area (Å²) in [7, 11) is 0. The molecule has 0 saturated heterocycles. The Morgan fingerprint density at radius 1 is 1.00 bits per heavy atom. The van der Waals surface area contributed by atoms with Gasteiger partial charge in [-0.25, -0.2) is 0 Å². The molecule has 0 heterocycles. The van der Waals surface area contributed by atoms with Crippen LogP contribution >= 0.6 is 0 Å². The van der Waals surface area contributed by atoms with E-state index in [0.717, 1.165) is 0 Å². The molecule has 0 spiro atoms. The van der Waals surface area contributed by atoms with Crippen molar-refractivity contribution in [3.8, 4) is 0 Å². The molecule has 15 heavy (non-hydrogen) atoms. The Labute approximate surface area is 97.4 Å². The summed E-state index contributed by atoms with van der Waals surface area (Å²) in [6.45, 7) is 13.5. The monoisotopic (exact) mass is 248 g/mol. The van der Waals surface area contributed by atoms with Gasteiger partial charge in [0.2, 0.25) is 0 Å². The fourth-order valence-electron chi connectivity index (χ4n) is 0.517. The first-order valence-corrected chi connectivity index (χ1v) is 2.87. The van der Waals surface area contributed by atoms with Gasteiger partial charge in [0.25, 0.3) is 0 Å². The number of rotatable bonds is 0. The van der Waals surface area contributed by atoms with Gasteiger partial charge in [0.05, 0.1) is 5.95 Å². The Morgan fingerprint density at radius 2 is 1.27 bits per heavy atom. The average Bonchev–Trinajstić information content (AvgIpc) is 2.80. The minimum atomic E-state index is -0.866. The third-order valence-electron chi connectivity index (χ3n) is 0.910. The van der Waals surface area contributed by atoms with Crippen LogP contribution in [-0.4, -0.2) is 5.11 Å². The van der Waals surface area contributed by atoms with Gasteiger partial charge in [-0.05, 0) is 5.57 Å². The molecule has 0 aromatic rings. The van der Waals surface area contributed by atoms with Crippen molar-refractivity contribution < 1.29 is 41.2 Å². The third kappa shape index (κ3) is 15.3. The second kappa shape index (κ2) is 22.9. The van der Waals surface area contributed by atoms with Crippen molar-refractivity contribution in [3.63, 3.8) is 0 Å². The van der Waals surface area contributed by atoms with Crippen LogP contribution in [0.3, 0.4) is 0 Å². The van der Waals surface area contributed by atoms with Crippen LogP contribution in [0.2, 0.25) is 0 Å². The van der Waals surface area contributed by atoms with Crippen LogP contribution in [0.25, 0.3) is 0 Å². The van der Waals surface area contributed by atoms with Crippen LogP contribution in [0.15, 0.2) is 35.8 Å². The molecular formula is C9H5MnO5-. The molecule has 0 saturated carbocycles. The van der Waals surface area contributed by atoms with Gasteiger partial charge >= 0.3 is 33.9 Å². The van der Waals surface area contributed by atoms with Gasteiger partial charge in [0.1, 0.15) is 0 Å². The van der Waals surface area contributed by atoms with Gasteiger partial charge < -0.3 is 10.2 Å². The summed E-state index contributed by atoms with van der Waals surface area (Å²) in [6.07, 6.45) is 6.51. The summed E-state index contributed by atoms with van der Waals surface area (Å²) in [5, 5.41) is 18.3. The van der Waals surface area contributed by atoms with Gasteiger partial charge in [-0.3, -0.25) is 0 Å². The molecule has 0 aromatic heterocycles. The van der Waals surface area contributed by atoms with E-state index in [-0.39, 0.29) is 17.1 Å². The molecule has 1 radical (unpaired) electrons. The van der Waals surface area contributed by atoms with E-state index in [1.54, 1.807) is 24.3 Å². The largest absolute Gasteiger partial charge is 0.629 e. The Hall–Kier alpha value is -1.44. The topological polar surface area (TPSA) is 103 Å². The molecule has 1 N–H and O–H groups in total. The van der Waals surface area contributed by atoms with Gasteiger partial charge in [-0.1, -0.05) is 24.3 Å². The third-order valence-corrected chi connectivity index (χ3v) is 0.910. The molecule has 1 rings (SSSR count). The van der Waals surface area contributed by atoms with E-state index in [0.29, 0.717) is 5.57 Å². The SMILES string of the molecule is [C-]#[O+].[C-]#[O+].[C-]#[O+].[Mn].[O-]C(O)=C1C=CC=C1. The van der Waals surface area contributed by atoms with Crippen LogP contribution in [0, 0.1) is 20.0 Å². The first kappa shape index (κ1) is 23.4. The van der Waals surface area contributed by atoms with E-state index in [4.69, 9.17) is 19.1 Å². The maximum atomic E-state index is 10.1. The molecule has 0 bridgehead atoms. The minimum Gasteiger partial charge on any atom is -0.629 e. The maximum absolute atomic E-state index is 10.1. The first-order valence-electron chi connectivity index (χ1n) is 2.87. The summed E-state index contributed by atoms with van der Waals surface area (Å²) in [4.78, 5) is 0. The zero-order chi connectivity index (χ0) is 12.0. The normalized spacial score (nSPS) is 8.53. The molecule has 1 aliphatic carbocycles. The molecule has 0 aromatic carbocycles. The van der Waals surface area contributed by atoms with Crippen molar-refractivity contribution in [2.24, 2.45) is 0 Å². The molecule has 0 aliphatic heterocycles. The molecule has 0 atom stereocenters. The predicted octanol–water partition coefficient (Wildman–Crippen LogP) is 0.127. The zero-order valence-electron chi connectivity index (χ0n) is 7.27. The summed E-state index contributed by atoms with van der Waals surface area (Å²) in [6, 6.07) is 0. The fraction of sp³-hybridized carbons (Fsp3) is 0. The number of allylic oxidation sites excluding steroid dienone is 5. The molecule has 0 unspecified atom stereocenters. The van der Waals surface area contributed by atoms with Crippen molar-refractivity contribution in [3.05, 3.63) is 55.8 Å². The van der Waals surface area contributed by atoms with Gasteiger partial charge in [-0.15, -0.1) is 0 Å². The Morgan fingerprint density at radius 3 is 1.40 bits per heavy atom. The standard InChI is InChI=1S/C6H6O2.3CO.Mn/c7-6(8)5-3-1-2-4-5;3*1-2;/h1-4,7-8H;;;;/p-1. The Kier molecular flexibility index (Phi) is 35.7. The Balaban J connectivity index is -0.0000000755. The van der Waals surface area contributed by atoms with Gasteiger partial charge in [0.15, 0.2) is 0 Å². The quantitative estimate of drug-likeness (QED) is 0.285. The molecule has 79 valence electrons. The zero-order valence-corrected chi connectivity index (χ0v) is 8.45. The van der Waals surface area contributed by atoms with Crippen molar-refractivity contribution in [2.45, 2.75) is 0 Å². The number of hydrogen-bond acceptors (Lipinski definition) is 2. The van der Waals surface area contributed by atoms with Gasteiger partial charge in [-0.2, -0.15) is 0 Å². The van der Waals surface area contributed by atoms with E-state index in [1.807, 2.05) is 0 Å². The van der Waals surface area contributed by atoms with E-state index >= 15 is 0 Å². The molecule has 5 nitrogen and oxygen atoms in total. The van der Waals surface area contributed by atoms with Crippen LogP contribution < -0.4 is 5.11 Å². The minimum absolute atomic E-state index is 0. The van der Waals surface area contributed by atoms with Crippen LogP contribution in [-0.2, 0) is 31.0 Å².